The number of nitrogens with one attached hydrogen (secondary N) is 1. The molecule has 2 aromatic rings. The quantitative estimate of drug-likeness (QED) is 0.817. The summed E-state index contributed by atoms with van der Waals surface area (Å²) < 4.78 is 10.6. The third kappa shape index (κ3) is 4.45. The fraction of sp³-hybridized carbons (Fsp3) is 0.267. The minimum Gasteiger partial charge on any atom is -0.497 e. The second-order valence-corrected chi connectivity index (χ2v) is 4.32. The third-order valence-corrected chi connectivity index (χ3v) is 2.73. The molecule has 0 aliphatic carbocycles. The van der Waals surface area contributed by atoms with Gasteiger partial charge in [0.25, 0.3) is 5.91 Å². The molecule has 1 aromatic carbocycles. The van der Waals surface area contributed by atoms with Gasteiger partial charge in [-0.25, -0.2) is 4.98 Å². The van der Waals surface area contributed by atoms with Crippen LogP contribution in [0.5, 0.6) is 11.5 Å². The van der Waals surface area contributed by atoms with Crippen LogP contribution in [-0.4, -0.2) is 36.1 Å². The molecular weight excluding hydrogens is 270 g/mol. The Kier molecular flexibility index (Phi) is 5.09. The number of aromatic nitrogens is 2. The Morgan fingerprint density at radius 2 is 1.86 bits per heavy atom. The number of carbonyl (C=O) groups is 1. The summed E-state index contributed by atoms with van der Waals surface area (Å²) in [5.74, 6) is 1.23. The zero-order valence-electron chi connectivity index (χ0n) is 12.0. The molecule has 110 valence electrons. The number of amides is 1. The number of hydrogen-bond acceptors (Lipinski definition) is 5. The van der Waals surface area contributed by atoms with E-state index in [1.54, 1.807) is 13.3 Å². The van der Waals surface area contributed by atoms with Crippen LogP contribution in [0.4, 0.5) is 0 Å². The lowest BCUT2D eigenvalue weighted by atomic mass is 10.3. The van der Waals surface area contributed by atoms with E-state index in [4.69, 9.17) is 9.47 Å². The van der Waals surface area contributed by atoms with Crippen LogP contribution in [0.25, 0.3) is 0 Å². The molecule has 1 N–H and O–H groups in total. The van der Waals surface area contributed by atoms with Crippen LogP contribution in [0.1, 0.15) is 16.2 Å². The summed E-state index contributed by atoms with van der Waals surface area (Å²) in [6.07, 6.45) is 3.01. The van der Waals surface area contributed by atoms with Gasteiger partial charge in [-0.1, -0.05) is 0 Å². The first-order chi connectivity index (χ1) is 10.2. The maximum absolute atomic E-state index is 11.8. The van der Waals surface area contributed by atoms with E-state index < -0.39 is 0 Å². The molecule has 1 heterocycles. The lowest BCUT2D eigenvalue weighted by Gasteiger charge is -2.08. The molecule has 0 fully saturated rings. The summed E-state index contributed by atoms with van der Waals surface area (Å²) in [4.78, 5) is 19.8. The van der Waals surface area contributed by atoms with Gasteiger partial charge < -0.3 is 14.8 Å². The average molecular weight is 287 g/mol. The van der Waals surface area contributed by atoms with Crippen molar-refractivity contribution in [2.45, 2.75) is 6.92 Å². The van der Waals surface area contributed by atoms with Gasteiger partial charge in [-0.05, 0) is 31.2 Å². The highest BCUT2D eigenvalue weighted by Gasteiger charge is 2.06. The first-order valence-electron chi connectivity index (χ1n) is 6.53. The third-order valence-electron chi connectivity index (χ3n) is 2.73. The fourth-order valence-corrected chi connectivity index (χ4v) is 1.61. The molecule has 0 saturated heterocycles. The molecule has 0 atom stereocenters. The van der Waals surface area contributed by atoms with Gasteiger partial charge in [0.15, 0.2) is 0 Å². The highest BCUT2D eigenvalue weighted by atomic mass is 16.5. The first kappa shape index (κ1) is 14.8. The number of hydrogen-bond donors (Lipinski definition) is 1. The van der Waals surface area contributed by atoms with Crippen LogP contribution in [0, 0.1) is 6.92 Å². The Bertz CT molecular complexity index is 582. The van der Waals surface area contributed by atoms with E-state index in [0.29, 0.717) is 18.8 Å². The van der Waals surface area contributed by atoms with Crippen molar-refractivity contribution in [3.8, 4) is 11.5 Å². The number of benzene rings is 1. The smallest absolute Gasteiger partial charge is 0.271 e. The number of aryl methyl sites for hydroxylation is 1. The Hall–Kier alpha value is -2.63. The first-order valence-corrected chi connectivity index (χ1v) is 6.53. The normalized spacial score (nSPS) is 10.0. The number of rotatable bonds is 6. The predicted octanol–water partition coefficient (Wildman–Crippen LogP) is 1.60. The Morgan fingerprint density at radius 1 is 1.14 bits per heavy atom. The number of carbonyl (C=O) groups excluding carboxylic acids is 1. The van der Waals surface area contributed by atoms with E-state index in [2.05, 4.69) is 15.3 Å². The molecule has 0 aliphatic rings. The van der Waals surface area contributed by atoms with Crippen LogP contribution < -0.4 is 14.8 Å². The Labute approximate surface area is 123 Å². The lowest BCUT2D eigenvalue weighted by molar-refractivity contribution is 0.0941. The number of ether oxygens (including phenoxy) is 2. The van der Waals surface area contributed by atoms with Gasteiger partial charge >= 0.3 is 0 Å². The van der Waals surface area contributed by atoms with Crippen molar-refractivity contribution < 1.29 is 14.3 Å². The Morgan fingerprint density at radius 3 is 2.48 bits per heavy atom. The van der Waals surface area contributed by atoms with Gasteiger partial charge in [0.2, 0.25) is 0 Å². The molecule has 0 unspecified atom stereocenters. The summed E-state index contributed by atoms with van der Waals surface area (Å²) in [6, 6.07) is 7.25. The second-order valence-electron chi connectivity index (χ2n) is 4.32. The van der Waals surface area contributed by atoms with Gasteiger partial charge in [-0.2, -0.15) is 0 Å². The van der Waals surface area contributed by atoms with Crippen LogP contribution in [0.2, 0.25) is 0 Å². The number of methoxy groups -OCH3 is 1. The maximum atomic E-state index is 11.8. The van der Waals surface area contributed by atoms with E-state index in [1.807, 2.05) is 31.2 Å². The van der Waals surface area contributed by atoms with Crippen molar-refractivity contribution in [1.29, 1.82) is 0 Å². The zero-order chi connectivity index (χ0) is 15.1. The van der Waals surface area contributed by atoms with E-state index in [9.17, 15) is 4.79 Å². The molecule has 6 nitrogen and oxygen atoms in total. The van der Waals surface area contributed by atoms with Crippen molar-refractivity contribution in [2.75, 3.05) is 20.3 Å². The highest BCUT2D eigenvalue weighted by molar-refractivity contribution is 5.91. The van der Waals surface area contributed by atoms with Crippen LogP contribution in [0.15, 0.2) is 36.7 Å². The van der Waals surface area contributed by atoms with Crippen molar-refractivity contribution in [1.82, 2.24) is 15.3 Å². The van der Waals surface area contributed by atoms with Gasteiger partial charge in [0.1, 0.15) is 23.8 Å². The molecule has 6 heteroatoms. The number of nitrogens with zero attached hydrogens (tertiary/aromatic N) is 2. The van der Waals surface area contributed by atoms with Crippen molar-refractivity contribution in [2.24, 2.45) is 0 Å². The molecule has 21 heavy (non-hydrogen) atoms. The summed E-state index contributed by atoms with van der Waals surface area (Å²) in [7, 11) is 1.61. The maximum Gasteiger partial charge on any atom is 0.271 e. The van der Waals surface area contributed by atoms with Crippen molar-refractivity contribution >= 4 is 5.91 Å². The van der Waals surface area contributed by atoms with E-state index in [0.717, 1.165) is 17.2 Å². The van der Waals surface area contributed by atoms with Crippen LogP contribution in [-0.2, 0) is 0 Å². The topological polar surface area (TPSA) is 73.3 Å². The van der Waals surface area contributed by atoms with Crippen LogP contribution in [0.3, 0.4) is 0 Å². The lowest BCUT2D eigenvalue weighted by Crippen LogP contribution is -2.28. The molecule has 0 aliphatic heterocycles. The standard InChI is InChI=1S/C15H17N3O3/c1-11-9-18-14(10-17-11)15(19)16-7-8-21-13-5-3-12(20-2)4-6-13/h3-6,9-10H,7-8H2,1-2H3,(H,16,19). The Balaban J connectivity index is 1.73. The van der Waals surface area contributed by atoms with Gasteiger partial charge in [-0.3, -0.25) is 9.78 Å². The summed E-state index contributed by atoms with van der Waals surface area (Å²) in [5, 5.41) is 2.72. The molecule has 0 bridgehead atoms. The molecule has 1 amide bonds. The molecule has 0 radical (unpaired) electrons. The van der Waals surface area contributed by atoms with E-state index in [-0.39, 0.29) is 5.91 Å². The van der Waals surface area contributed by atoms with Crippen molar-refractivity contribution in [3.05, 3.63) is 48.0 Å². The zero-order valence-corrected chi connectivity index (χ0v) is 12.0. The minimum atomic E-state index is -0.263. The summed E-state index contributed by atoms with van der Waals surface area (Å²) in [6.45, 7) is 2.58. The summed E-state index contributed by atoms with van der Waals surface area (Å²) in [5.41, 5.74) is 1.07. The molecule has 1 aromatic heterocycles. The monoisotopic (exact) mass is 287 g/mol. The highest BCUT2D eigenvalue weighted by Crippen LogP contribution is 2.16. The molecule has 2 rings (SSSR count). The van der Waals surface area contributed by atoms with Gasteiger partial charge in [-0.15, -0.1) is 0 Å². The van der Waals surface area contributed by atoms with Crippen molar-refractivity contribution in [3.63, 3.8) is 0 Å². The minimum absolute atomic E-state index is 0.263. The SMILES string of the molecule is COc1ccc(OCCNC(=O)c2cnc(C)cn2)cc1. The molecule has 0 spiro atoms. The predicted molar refractivity (Wildman–Crippen MR) is 77.6 cm³/mol. The summed E-state index contributed by atoms with van der Waals surface area (Å²) >= 11 is 0. The molecular formula is C15H17N3O3. The average Bonchev–Trinajstić information content (AvgIpc) is 2.52. The van der Waals surface area contributed by atoms with E-state index >= 15 is 0 Å². The largest absolute Gasteiger partial charge is 0.497 e. The van der Waals surface area contributed by atoms with Gasteiger partial charge in [0, 0.05) is 6.20 Å². The molecule has 0 saturated carbocycles. The van der Waals surface area contributed by atoms with Crippen LogP contribution >= 0.6 is 0 Å². The fourth-order valence-electron chi connectivity index (χ4n) is 1.61. The van der Waals surface area contributed by atoms with Gasteiger partial charge in [0.05, 0.1) is 25.5 Å². The van der Waals surface area contributed by atoms with E-state index in [1.165, 1.54) is 6.20 Å². The second kappa shape index (κ2) is 7.23.